The minimum atomic E-state index is -0.294. The van der Waals surface area contributed by atoms with E-state index in [1.54, 1.807) is 7.11 Å². The van der Waals surface area contributed by atoms with Crippen molar-refractivity contribution in [2.75, 3.05) is 27.4 Å². The number of esters is 1. The monoisotopic (exact) mass is 331 g/mol. The van der Waals surface area contributed by atoms with Crippen LogP contribution in [0.15, 0.2) is 16.6 Å². The molecule has 0 aliphatic rings. The lowest BCUT2D eigenvalue weighted by Crippen LogP contribution is -2.23. The molecule has 0 saturated heterocycles. The number of rotatable bonds is 7. The van der Waals surface area contributed by atoms with Crippen molar-refractivity contribution < 1.29 is 19.0 Å². The summed E-state index contributed by atoms with van der Waals surface area (Å²) < 4.78 is 16.2. The molecule has 0 aliphatic heterocycles. The van der Waals surface area contributed by atoms with Crippen LogP contribution in [0.2, 0.25) is 0 Å². The molecule has 0 amide bonds. The zero-order chi connectivity index (χ0) is 14.3. The molecule has 6 heteroatoms. The molecule has 0 saturated carbocycles. The maximum Gasteiger partial charge on any atom is 0.319 e. The summed E-state index contributed by atoms with van der Waals surface area (Å²) in [6, 6.07) is 3.80. The highest BCUT2D eigenvalue weighted by Crippen LogP contribution is 2.36. The van der Waals surface area contributed by atoms with Crippen molar-refractivity contribution in [3.8, 4) is 11.5 Å². The topological polar surface area (TPSA) is 56.8 Å². The third-order valence-corrected chi connectivity index (χ3v) is 2.99. The van der Waals surface area contributed by atoms with Gasteiger partial charge in [0.05, 0.1) is 31.8 Å². The Morgan fingerprint density at radius 3 is 2.68 bits per heavy atom. The Kier molecular flexibility index (Phi) is 6.66. The Bertz CT molecular complexity index is 437. The molecule has 0 aliphatic carbocycles. The molecule has 1 aromatic carbocycles. The number of carbonyl (C=O) groups excluding carboxylic acids is 1. The number of benzene rings is 1. The first-order valence-electron chi connectivity index (χ1n) is 5.89. The van der Waals surface area contributed by atoms with Gasteiger partial charge in [-0.05, 0) is 40.5 Å². The van der Waals surface area contributed by atoms with Gasteiger partial charge in [0.2, 0.25) is 0 Å². The van der Waals surface area contributed by atoms with E-state index in [0.29, 0.717) is 24.7 Å². The smallest absolute Gasteiger partial charge is 0.319 e. The van der Waals surface area contributed by atoms with Crippen LogP contribution in [0.3, 0.4) is 0 Å². The molecule has 0 radical (unpaired) electrons. The van der Waals surface area contributed by atoms with E-state index < -0.39 is 0 Å². The second kappa shape index (κ2) is 8.01. The lowest BCUT2D eigenvalue weighted by Gasteiger charge is -2.13. The summed E-state index contributed by atoms with van der Waals surface area (Å²) >= 11 is 3.45. The van der Waals surface area contributed by atoms with Gasteiger partial charge in [-0.1, -0.05) is 0 Å². The maximum atomic E-state index is 11.0. The van der Waals surface area contributed by atoms with Gasteiger partial charge in [0.1, 0.15) is 0 Å². The first-order chi connectivity index (χ1) is 9.12. The SMILES string of the molecule is CCOc1c(Br)cc(CNCC(=O)OC)cc1OC. The van der Waals surface area contributed by atoms with Gasteiger partial charge >= 0.3 is 5.97 Å². The van der Waals surface area contributed by atoms with Gasteiger partial charge in [-0.15, -0.1) is 0 Å². The van der Waals surface area contributed by atoms with Crippen LogP contribution in [0.25, 0.3) is 0 Å². The average molecular weight is 332 g/mol. The number of carbonyl (C=O) groups is 1. The van der Waals surface area contributed by atoms with Crippen molar-refractivity contribution in [1.29, 1.82) is 0 Å². The van der Waals surface area contributed by atoms with Gasteiger partial charge in [-0.3, -0.25) is 4.79 Å². The zero-order valence-corrected chi connectivity index (χ0v) is 12.9. The zero-order valence-electron chi connectivity index (χ0n) is 11.3. The second-order valence-corrected chi connectivity index (χ2v) is 4.58. The van der Waals surface area contributed by atoms with Crippen molar-refractivity contribution in [2.24, 2.45) is 0 Å². The van der Waals surface area contributed by atoms with E-state index in [2.05, 4.69) is 26.0 Å². The molecule has 106 valence electrons. The van der Waals surface area contributed by atoms with Crippen LogP contribution in [-0.2, 0) is 16.1 Å². The fourth-order valence-electron chi connectivity index (χ4n) is 1.54. The minimum absolute atomic E-state index is 0.170. The summed E-state index contributed by atoms with van der Waals surface area (Å²) in [6.07, 6.45) is 0. The fraction of sp³-hybridized carbons (Fsp3) is 0.462. The van der Waals surface area contributed by atoms with Crippen molar-refractivity contribution in [3.05, 3.63) is 22.2 Å². The third-order valence-electron chi connectivity index (χ3n) is 2.40. The van der Waals surface area contributed by atoms with Gasteiger partial charge in [0, 0.05) is 6.54 Å². The highest BCUT2D eigenvalue weighted by molar-refractivity contribution is 9.10. The molecule has 0 bridgehead atoms. The number of hydrogen-bond acceptors (Lipinski definition) is 5. The van der Waals surface area contributed by atoms with Crippen LogP contribution in [0, 0.1) is 0 Å². The highest BCUT2D eigenvalue weighted by Gasteiger charge is 2.11. The van der Waals surface area contributed by atoms with Gasteiger partial charge in [0.15, 0.2) is 11.5 Å². The Labute approximate surface area is 121 Å². The summed E-state index contributed by atoms with van der Waals surface area (Å²) in [5.41, 5.74) is 0.982. The van der Waals surface area contributed by atoms with Crippen LogP contribution in [0.4, 0.5) is 0 Å². The van der Waals surface area contributed by atoms with Crippen LogP contribution < -0.4 is 14.8 Å². The predicted molar refractivity (Wildman–Crippen MR) is 75.6 cm³/mol. The molecule has 0 heterocycles. The largest absolute Gasteiger partial charge is 0.493 e. The van der Waals surface area contributed by atoms with E-state index in [9.17, 15) is 4.79 Å². The summed E-state index contributed by atoms with van der Waals surface area (Å²) in [5, 5.41) is 2.99. The maximum absolute atomic E-state index is 11.0. The molecule has 0 atom stereocenters. The Balaban J connectivity index is 2.75. The van der Waals surface area contributed by atoms with E-state index in [0.717, 1.165) is 10.0 Å². The third kappa shape index (κ3) is 4.72. The molecule has 5 nitrogen and oxygen atoms in total. The van der Waals surface area contributed by atoms with E-state index in [1.165, 1.54) is 7.11 Å². The number of ether oxygens (including phenoxy) is 3. The van der Waals surface area contributed by atoms with Crippen molar-refractivity contribution in [1.82, 2.24) is 5.32 Å². The lowest BCUT2D eigenvalue weighted by molar-refractivity contribution is -0.139. The standard InChI is InChI=1S/C13H18BrNO4/c1-4-19-13-10(14)5-9(6-11(13)17-2)7-15-8-12(16)18-3/h5-6,15H,4,7-8H2,1-3H3. The first kappa shape index (κ1) is 15.8. The number of hydrogen-bond donors (Lipinski definition) is 1. The summed E-state index contributed by atoms with van der Waals surface area (Å²) in [5.74, 6) is 1.05. The minimum Gasteiger partial charge on any atom is -0.493 e. The van der Waals surface area contributed by atoms with Gasteiger partial charge in [-0.25, -0.2) is 0 Å². The first-order valence-corrected chi connectivity index (χ1v) is 6.68. The van der Waals surface area contributed by atoms with Crippen LogP contribution in [0.5, 0.6) is 11.5 Å². The Hall–Kier alpha value is -1.27. The molecule has 0 aromatic heterocycles. The molecule has 0 spiro atoms. The summed E-state index contributed by atoms with van der Waals surface area (Å²) in [7, 11) is 2.95. The second-order valence-electron chi connectivity index (χ2n) is 3.72. The number of nitrogens with one attached hydrogen (secondary N) is 1. The Morgan fingerprint density at radius 1 is 1.37 bits per heavy atom. The van der Waals surface area contributed by atoms with E-state index in [-0.39, 0.29) is 12.5 Å². The average Bonchev–Trinajstić information content (AvgIpc) is 2.41. The molecule has 19 heavy (non-hydrogen) atoms. The lowest BCUT2D eigenvalue weighted by atomic mass is 10.2. The highest BCUT2D eigenvalue weighted by atomic mass is 79.9. The van der Waals surface area contributed by atoms with Gasteiger partial charge < -0.3 is 19.5 Å². The van der Waals surface area contributed by atoms with Crippen molar-refractivity contribution in [2.45, 2.75) is 13.5 Å². The predicted octanol–water partition coefficient (Wildman–Crippen LogP) is 2.12. The van der Waals surface area contributed by atoms with E-state index in [1.807, 2.05) is 19.1 Å². The Morgan fingerprint density at radius 2 is 2.11 bits per heavy atom. The molecule has 1 aromatic rings. The van der Waals surface area contributed by atoms with E-state index >= 15 is 0 Å². The quantitative estimate of drug-likeness (QED) is 0.775. The molecule has 1 N–H and O–H groups in total. The molecular formula is C13H18BrNO4. The van der Waals surface area contributed by atoms with Crippen LogP contribution in [-0.4, -0.2) is 33.3 Å². The molecular weight excluding hydrogens is 314 g/mol. The van der Waals surface area contributed by atoms with Crippen molar-refractivity contribution >= 4 is 21.9 Å². The molecule has 1 rings (SSSR count). The fourth-order valence-corrected chi connectivity index (χ4v) is 2.14. The molecule has 0 fully saturated rings. The van der Waals surface area contributed by atoms with Crippen LogP contribution in [0.1, 0.15) is 12.5 Å². The summed E-state index contributed by atoms with van der Waals surface area (Å²) in [4.78, 5) is 11.0. The number of halogens is 1. The van der Waals surface area contributed by atoms with E-state index in [4.69, 9.17) is 9.47 Å². The molecule has 0 unspecified atom stereocenters. The normalized spacial score (nSPS) is 10.1. The van der Waals surface area contributed by atoms with Crippen LogP contribution >= 0.6 is 15.9 Å². The number of methoxy groups -OCH3 is 2. The van der Waals surface area contributed by atoms with Crippen molar-refractivity contribution in [3.63, 3.8) is 0 Å². The van der Waals surface area contributed by atoms with Gasteiger partial charge in [0.25, 0.3) is 0 Å². The van der Waals surface area contributed by atoms with Gasteiger partial charge in [-0.2, -0.15) is 0 Å². The summed E-state index contributed by atoms with van der Waals surface area (Å²) in [6.45, 7) is 3.19.